The van der Waals surface area contributed by atoms with E-state index in [2.05, 4.69) is 0 Å². The number of amides is 2. The molecule has 0 aromatic heterocycles. The molecule has 3 rings (SSSR count). The van der Waals surface area contributed by atoms with Crippen LogP contribution in [0.2, 0.25) is 0 Å². The Morgan fingerprint density at radius 1 is 1.17 bits per heavy atom. The highest BCUT2D eigenvalue weighted by Gasteiger charge is 2.58. The van der Waals surface area contributed by atoms with E-state index in [0.717, 1.165) is 25.7 Å². The Labute approximate surface area is 105 Å². The molecule has 3 fully saturated rings. The van der Waals surface area contributed by atoms with E-state index in [9.17, 15) is 14.4 Å². The highest BCUT2D eigenvalue weighted by atomic mass is 16.4. The fourth-order valence-corrected chi connectivity index (χ4v) is 3.36. The number of hydrogen-bond donors (Lipinski definition) is 1. The van der Waals surface area contributed by atoms with Gasteiger partial charge in [0, 0.05) is 13.0 Å². The summed E-state index contributed by atoms with van der Waals surface area (Å²) in [6.07, 6.45) is 5.01. The molecule has 5 heteroatoms. The second kappa shape index (κ2) is 3.56. The summed E-state index contributed by atoms with van der Waals surface area (Å²) in [5, 5.41) is 9.14. The normalized spacial score (nSPS) is 28.1. The minimum atomic E-state index is -0.879. The minimum absolute atomic E-state index is 0.0851. The summed E-state index contributed by atoms with van der Waals surface area (Å²) in [5.41, 5.74) is -1.32. The zero-order valence-electron chi connectivity index (χ0n) is 10.3. The topological polar surface area (TPSA) is 74.7 Å². The maximum Gasteiger partial charge on any atom is 0.311 e. The van der Waals surface area contributed by atoms with E-state index >= 15 is 0 Å². The predicted octanol–water partition coefficient (Wildman–Crippen LogP) is 1.17. The lowest BCUT2D eigenvalue weighted by molar-refractivity contribution is -0.148. The molecule has 0 aromatic rings. The molecule has 2 amide bonds. The summed E-state index contributed by atoms with van der Waals surface area (Å²) < 4.78 is 0. The Balaban J connectivity index is 1.79. The third-order valence-corrected chi connectivity index (χ3v) is 4.82. The average Bonchev–Trinajstić information content (AvgIpc) is 2.91. The van der Waals surface area contributed by atoms with Crippen molar-refractivity contribution in [1.29, 1.82) is 0 Å². The Hall–Kier alpha value is -1.39. The first-order chi connectivity index (χ1) is 8.49. The van der Waals surface area contributed by atoms with E-state index in [1.807, 2.05) is 0 Å². The molecule has 98 valence electrons. The Morgan fingerprint density at radius 2 is 1.78 bits per heavy atom. The molecule has 5 nitrogen and oxygen atoms in total. The molecular weight excluding hydrogens is 234 g/mol. The van der Waals surface area contributed by atoms with Crippen LogP contribution >= 0.6 is 0 Å². The van der Waals surface area contributed by atoms with Crippen LogP contribution in [0.5, 0.6) is 0 Å². The average molecular weight is 251 g/mol. The minimum Gasteiger partial charge on any atom is -0.481 e. The van der Waals surface area contributed by atoms with Crippen molar-refractivity contribution in [3.05, 3.63) is 0 Å². The number of carboxylic acids is 1. The van der Waals surface area contributed by atoms with Gasteiger partial charge in [-0.15, -0.1) is 0 Å². The van der Waals surface area contributed by atoms with E-state index in [4.69, 9.17) is 5.11 Å². The van der Waals surface area contributed by atoms with E-state index in [-0.39, 0.29) is 18.4 Å². The molecule has 0 bridgehead atoms. The van der Waals surface area contributed by atoms with Crippen LogP contribution in [0.15, 0.2) is 0 Å². The van der Waals surface area contributed by atoms with Gasteiger partial charge in [0.1, 0.15) is 0 Å². The van der Waals surface area contributed by atoms with Crippen LogP contribution in [0.1, 0.15) is 44.9 Å². The van der Waals surface area contributed by atoms with E-state index in [1.165, 1.54) is 4.90 Å². The van der Waals surface area contributed by atoms with Gasteiger partial charge >= 0.3 is 5.97 Å². The Kier molecular flexibility index (Phi) is 2.31. The number of nitrogens with zero attached hydrogens (tertiary/aromatic N) is 1. The SMILES string of the molecule is O=C1CC2(CCCC2)C(=O)N1CC1(C(=O)O)CC1. The molecule has 1 heterocycles. The fourth-order valence-electron chi connectivity index (χ4n) is 3.36. The standard InChI is InChI=1S/C13H17NO4/c15-9-7-12(3-1-2-4-12)10(16)14(9)8-13(5-6-13)11(17)18/h1-8H2,(H,17,18). The number of likely N-dealkylation sites (tertiary alicyclic amines) is 1. The van der Waals surface area contributed by atoms with Crippen molar-refractivity contribution in [2.24, 2.45) is 10.8 Å². The monoisotopic (exact) mass is 251 g/mol. The lowest BCUT2D eigenvalue weighted by atomic mass is 9.84. The first-order valence-electron chi connectivity index (χ1n) is 6.57. The highest BCUT2D eigenvalue weighted by Crippen LogP contribution is 2.51. The van der Waals surface area contributed by atoms with Crippen LogP contribution in [0, 0.1) is 10.8 Å². The van der Waals surface area contributed by atoms with Crippen molar-refractivity contribution in [2.45, 2.75) is 44.9 Å². The number of carboxylic acid groups (broad SMARTS) is 1. The van der Waals surface area contributed by atoms with Crippen LogP contribution in [0.3, 0.4) is 0 Å². The first kappa shape index (κ1) is 11.7. The van der Waals surface area contributed by atoms with Gasteiger partial charge in [0.05, 0.1) is 10.8 Å². The zero-order chi connectivity index (χ0) is 13.0. The first-order valence-corrected chi connectivity index (χ1v) is 6.57. The highest BCUT2D eigenvalue weighted by molar-refractivity contribution is 6.06. The number of carbonyl (C=O) groups excluding carboxylic acids is 2. The maximum atomic E-state index is 12.4. The van der Waals surface area contributed by atoms with Gasteiger partial charge in [-0.05, 0) is 25.7 Å². The Morgan fingerprint density at radius 3 is 2.28 bits per heavy atom. The van der Waals surface area contributed by atoms with Gasteiger partial charge < -0.3 is 5.11 Å². The van der Waals surface area contributed by atoms with Gasteiger partial charge in [0.15, 0.2) is 0 Å². The van der Waals surface area contributed by atoms with Crippen molar-refractivity contribution in [1.82, 2.24) is 4.90 Å². The van der Waals surface area contributed by atoms with Gasteiger partial charge in [-0.1, -0.05) is 12.8 Å². The van der Waals surface area contributed by atoms with Gasteiger partial charge in [-0.2, -0.15) is 0 Å². The van der Waals surface area contributed by atoms with Crippen LogP contribution in [0.25, 0.3) is 0 Å². The smallest absolute Gasteiger partial charge is 0.311 e. The van der Waals surface area contributed by atoms with Gasteiger partial charge in [0.2, 0.25) is 11.8 Å². The predicted molar refractivity (Wildman–Crippen MR) is 61.5 cm³/mol. The molecule has 0 atom stereocenters. The summed E-state index contributed by atoms with van der Waals surface area (Å²) in [7, 11) is 0. The number of hydrogen-bond acceptors (Lipinski definition) is 3. The van der Waals surface area contributed by atoms with Crippen LogP contribution in [-0.4, -0.2) is 34.3 Å². The number of imide groups is 1. The van der Waals surface area contributed by atoms with Crippen molar-refractivity contribution < 1.29 is 19.5 Å². The molecule has 2 saturated carbocycles. The van der Waals surface area contributed by atoms with Gasteiger partial charge in [-0.3, -0.25) is 19.3 Å². The Bertz CT molecular complexity index is 432. The molecule has 0 aromatic carbocycles. The van der Waals surface area contributed by atoms with E-state index < -0.39 is 16.8 Å². The summed E-state index contributed by atoms with van der Waals surface area (Å²) >= 11 is 0. The van der Waals surface area contributed by atoms with Crippen molar-refractivity contribution in [2.75, 3.05) is 6.54 Å². The molecule has 0 unspecified atom stereocenters. The summed E-state index contributed by atoms with van der Waals surface area (Å²) in [4.78, 5) is 36.7. The number of rotatable bonds is 3. The van der Waals surface area contributed by atoms with Crippen molar-refractivity contribution in [3.63, 3.8) is 0 Å². The second-order valence-electron chi connectivity index (χ2n) is 6.03. The molecule has 1 saturated heterocycles. The number of carbonyl (C=O) groups is 3. The maximum absolute atomic E-state index is 12.4. The third kappa shape index (κ3) is 1.49. The summed E-state index contributed by atoms with van der Waals surface area (Å²) in [6.45, 7) is 0.0851. The van der Waals surface area contributed by atoms with E-state index in [1.54, 1.807) is 0 Å². The van der Waals surface area contributed by atoms with Crippen molar-refractivity contribution in [3.8, 4) is 0 Å². The van der Waals surface area contributed by atoms with Crippen LogP contribution < -0.4 is 0 Å². The molecule has 1 spiro atoms. The van der Waals surface area contributed by atoms with Gasteiger partial charge in [0.25, 0.3) is 0 Å². The quantitative estimate of drug-likeness (QED) is 0.764. The van der Waals surface area contributed by atoms with E-state index in [0.29, 0.717) is 19.3 Å². The van der Waals surface area contributed by atoms with Gasteiger partial charge in [-0.25, -0.2) is 0 Å². The van der Waals surface area contributed by atoms with Crippen molar-refractivity contribution >= 4 is 17.8 Å². The third-order valence-electron chi connectivity index (χ3n) is 4.82. The largest absolute Gasteiger partial charge is 0.481 e. The molecule has 3 aliphatic rings. The lowest BCUT2D eigenvalue weighted by Gasteiger charge is -2.23. The lowest BCUT2D eigenvalue weighted by Crippen LogP contribution is -2.40. The van der Waals surface area contributed by atoms with Crippen LogP contribution in [-0.2, 0) is 14.4 Å². The molecule has 1 aliphatic heterocycles. The second-order valence-corrected chi connectivity index (χ2v) is 6.03. The molecule has 2 aliphatic carbocycles. The van der Waals surface area contributed by atoms with Crippen LogP contribution in [0.4, 0.5) is 0 Å². The molecule has 18 heavy (non-hydrogen) atoms. The summed E-state index contributed by atoms with van der Waals surface area (Å²) in [6, 6.07) is 0. The number of aliphatic carboxylic acids is 1. The molecule has 1 N–H and O–H groups in total. The fraction of sp³-hybridized carbons (Fsp3) is 0.769. The molecule has 0 radical (unpaired) electrons. The molecular formula is C13H17NO4. The summed E-state index contributed by atoms with van der Waals surface area (Å²) in [5.74, 6) is -1.16. The zero-order valence-corrected chi connectivity index (χ0v) is 10.3.